The Kier molecular flexibility index (Phi) is 12.3. The second kappa shape index (κ2) is 16.8. The number of aliphatic hydroxyl groups excluding tert-OH is 5. The number of ether oxygens (including phenoxy) is 4. The smallest absolute Gasteiger partial charge is 0.161 e. The van der Waals surface area contributed by atoms with Gasteiger partial charge in [0.2, 0.25) is 0 Å². The normalized spacial score (nSPS) is 14.7. The third-order valence-electron chi connectivity index (χ3n) is 8.31. The molecule has 6 N–H and O–H groups in total. The van der Waals surface area contributed by atoms with Crippen LogP contribution in [-0.4, -0.2) is 76.3 Å². The quantitative estimate of drug-likeness (QED) is 0.108. The molecule has 0 amide bonds. The van der Waals surface area contributed by atoms with E-state index in [1.165, 1.54) is 0 Å². The maximum Gasteiger partial charge on any atom is 0.161 e. The molecule has 0 saturated heterocycles. The van der Waals surface area contributed by atoms with Gasteiger partial charge in [-0.2, -0.15) is 5.26 Å². The van der Waals surface area contributed by atoms with Crippen molar-refractivity contribution >= 4 is 11.6 Å². The van der Waals surface area contributed by atoms with Crippen LogP contribution in [0.25, 0.3) is 11.1 Å². The molecule has 0 unspecified atom stereocenters. The molecule has 0 aromatic heterocycles. The number of nitriles is 1. The highest BCUT2D eigenvalue weighted by molar-refractivity contribution is 6.32. The van der Waals surface area contributed by atoms with E-state index in [-0.39, 0.29) is 26.3 Å². The maximum atomic E-state index is 10.3. The van der Waals surface area contributed by atoms with Gasteiger partial charge in [0, 0.05) is 30.3 Å². The molecule has 0 aliphatic carbocycles. The first-order valence-electron chi connectivity index (χ1n) is 15.8. The lowest BCUT2D eigenvalue weighted by molar-refractivity contribution is -0.114. The van der Waals surface area contributed by atoms with Crippen molar-refractivity contribution in [3.05, 3.63) is 106 Å². The molecule has 4 atom stereocenters. The van der Waals surface area contributed by atoms with Crippen LogP contribution in [-0.2, 0) is 19.8 Å². The van der Waals surface area contributed by atoms with Crippen molar-refractivity contribution < 1.29 is 44.5 Å². The van der Waals surface area contributed by atoms with Crippen LogP contribution in [0.15, 0.2) is 72.8 Å². The van der Waals surface area contributed by atoms with E-state index in [9.17, 15) is 25.7 Å². The number of nitrogens with one attached hydrogen (secondary N) is 1. The molecule has 4 aromatic carbocycles. The molecule has 0 fully saturated rings. The van der Waals surface area contributed by atoms with Gasteiger partial charge in [-0.05, 0) is 53.4 Å². The van der Waals surface area contributed by atoms with E-state index in [0.717, 1.165) is 28.0 Å². The summed E-state index contributed by atoms with van der Waals surface area (Å²) >= 11 is 6.70. The highest BCUT2D eigenvalue weighted by Gasteiger charge is 2.29. The van der Waals surface area contributed by atoms with Crippen molar-refractivity contribution in [3.8, 4) is 40.2 Å². The van der Waals surface area contributed by atoms with Crippen LogP contribution in [0, 0.1) is 18.3 Å². The van der Waals surface area contributed by atoms with Gasteiger partial charge in [0.1, 0.15) is 56.2 Å². The molecule has 1 aliphatic heterocycles. The molecule has 0 saturated carbocycles. The number of halogens is 1. The molecule has 4 aromatic rings. The van der Waals surface area contributed by atoms with Crippen LogP contribution < -0.4 is 24.3 Å². The average Bonchev–Trinajstić information content (AvgIpc) is 3.13. The number of fused-ring (bicyclic) bond motifs is 1. The Labute approximate surface area is 289 Å². The predicted octanol–water partition coefficient (Wildman–Crippen LogP) is 3.64. The standard InChI is InChI=1S/C37H39ClN2O9/c1-22-25(7-4-8-28(22)23-9-10-32-35(14-23)47-12-11-46-32)20-49-34-15-33(48-21-26-6-3-2-5-24(26)16-39)27(13-29(34)38)17-40-18-30(42)36(44)37(45)31(43)19-41/h2-10,13-15,30-31,36-37,40-45H,11-12,17-21H2,1H3/t30-,31+,36+,37+/m0/s1. The molecule has 11 nitrogen and oxygen atoms in total. The van der Waals surface area contributed by atoms with E-state index >= 15 is 0 Å². The average molecular weight is 691 g/mol. The Morgan fingerprint density at radius 1 is 0.816 bits per heavy atom. The van der Waals surface area contributed by atoms with Gasteiger partial charge in [-0.3, -0.25) is 0 Å². The predicted molar refractivity (Wildman–Crippen MR) is 182 cm³/mol. The summed E-state index contributed by atoms with van der Waals surface area (Å²) in [5.41, 5.74) is 5.74. The summed E-state index contributed by atoms with van der Waals surface area (Å²) in [6, 6.07) is 24.4. The van der Waals surface area contributed by atoms with Gasteiger partial charge < -0.3 is 49.8 Å². The molecule has 0 bridgehead atoms. The van der Waals surface area contributed by atoms with Crippen LogP contribution in [0.5, 0.6) is 23.0 Å². The fraction of sp³-hybridized carbons (Fsp3) is 0.324. The van der Waals surface area contributed by atoms with Crippen LogP contribution in [0.2, 0.25) is 5.02 Å². The fourth-order valence-electron chi connectivity index (χ4n) is 5.43. The molecule has 1 aliphatic rings. The summed E-state index contributed by atoms with van der Waals surface area (Å²) in [5.74, 6) is 2.21. The van der Waals surface area contributed by atoms with Gasteiger partial charge in [-0.1, -0.05) is 54.1 Å². The Bertz CT molecular complexity index is 1780. The van der Waals surface area contributed by atoms with Crippen molar-refractivity contribution in [3.63, 3.8) is 0 Å². The minimum Gasteiger partial charge on any atom is -0.488 e. The number of rotatable bonds is 15. The molecule has 12 heteroatoms. The third kappa shape index (κ3) is 8.81. The largest absolute Gasteiger partial charge is 0.488 e. The molecule has 1 heterocycles. The summed E-state index contributed by atoms with van der Waals surface area (Å²) in [5, 5.41) is 61.9. The number of hydrogen-bond donors (Lipinski definition) is 6. The monoisotopic (exact) mass is 690 g/mol. The molecular weight excluding hydrogens is 652 g/mol. The minimum atomic E-state index is -1.74. The van der Waals surface area contributed by atoms with Crippen LogP contribution in [0.3, 0.4) is 0 Å². The van der Waals surface area contributed by atoms with Gasteiger partial charge in [0.25, 0.3) is 0 Å². The maximum absolute atomic E-state index is 10.3. The molecule has 258 valence electrons. The van der Waals surface area contributed by atoms with Gasteiger partial charge >= 0.3 is 0 Å². The summed E-state index contributed by atoms with van der Waals surface area (Å²) in [6.45, 7) is 2.54. The zero-order chi connectivity index (χ0) is 34.9. The summed E-state index contributed by atoms with van der Waals surface area (Å²) < 4.78 is 23.9. The van der Waals surface area contributed by atoms with E-state index < -0.39 is 31.0 Å². The number of nitrogens with zero attached hydrogens (tertiary/aromatic N) is 1. The van der Waals surface area contributed by atoms with E-state index in [1.807, 2.05) is 49.4 Å². The Hall–Kier alpha value is -4.38. The van der Waals surface area contributed by atoms with Crippen molar-refractivity contribution in [1.82, 2.24) is 5.32 Å². The number of hydrogen-bond acceptors (Lipinski definition) is 11. The second-order valence-corrected chi connectivity index (χ2v) is 12.0. The highest BCUT2D eigenvalue weighted by atomic mass is 35.5. The van der Waals surface area contributed by atoms with E-state index in [2.05, 4.69) is 11.4 Å². The first-order valence-corrected chi connectivity index (χ1v) is 16.2. The third-order valence-corrected chi connectivity index (χ3v) is 8.61. The molecule has 49 heavy (non-hydrogen) atoms. The molecule has 0 radical (unpaired) electrons. The Morgan fingerprint density at radius 3 is 2.29 bits per heavy atom. The zero-order valence-corrected chi connectivity index (χ0v) is 27.6. The van der Waals surface area contributed by atoms with Gasteiger partial charge in [0.15, 0.2) is 11.5 Å². The minimum absolute atomic E-state index is 0.0844. The van der Waals surface area contributed by atoms with Crippen LogP contribution in [0.4, 0.5) is 0 Å². The van der Waals surface area contributed by atoms with Crippen LogP contribution in [0.1, 0.15) is 27.8 Å². The van der Waals surface area contributed by atoms with E-state index in [1.54, 1.807) is 30.3 Å². The first-order chi connectivity index (χ1) is 23.7. The van der Waals surface area contributed by atoms with Gasteiger partial charge in [-0.25, -0.2) is 0 Å². The molecule has 0 spiro atoms. The highest BCUT2D eigenvalue weighted by Crippen LogP contribution is 2.37. The van der Waals surface area contributed by atoms with Crippen LogP contribution >= 0.6 is 11.6 Å². The fourth-order valence-corrected chi connectivity index (χ4v) is 5.67. The second-order valence-electron chi connectivity index (χ2n) is 11.6. The number of aliphatic hydroxyl groups is 5. The van der Waals surface area contributed by atoms with Crippen molar-refractivity contribution in [2.24, 2.45) is 0 Å². The van der Waals surface area contributed by atoms with E-state index in [0.29, 0.717) is 52.2 Å². The van der Waals surface area contributed by atoms with E-state index in [4.69, 9.17) is 35.7 Å². The molecule has 5 rings (SSSR count). The SMILES string of the molecule is Cc1c(COc2cc(OCc3ccccc3C#N)c(CNC[C@H](O)[C@@H](O)[C@H](O)[C@H](O)CO)cc2Cl)cccc1-c1ccc2c(c1)OCCO2. The van der Waals surface area contributed by atoms with Crippen molar-refractivity contribution in [2.75, 3.05) is 26.4 Å². The topological polar surface area (TPSA) is 174 Å². The summed E-state index contributed by atoms with van der Waals surface area (Å²) in [6.07, 6.45) is -6.50. The van der Waals surface area contributed by atoms with Crippen molar-refractivity contribution in [1.29, 1.82) is 5.26 Å². The lowest BCUT2D eigenvalue weighted by atomic mass is 9.96. The number of benzene rings is 4. The Morgan fingerprint density at radius 2 is 1.51 bits per heavy atom. The van der Waals surface area contributed by atoms with Crippen molar-refractivity contribution in [2.45, 2.75) is 51.1 Å². The molecular formula is C37H39ClN2O9. The summed E-state index contributed by atoms with van der Waals surface area (Å²) in [7, 11) is 0. The van der Waals surface area contributed by atoms with Gasteiger partial charge in [0.05, 0.1) is 29.4 Å². The summed E-state index contributed by atoms with van der Waals surface area (Å²) in [4.78, 5) is 0. The zero-order valence-electron chi connectivity index (χ0n) is 26.9. The first kappa shape index (κ1) is 35.9. The Balaban J connectivity index is 1.34. The van der Waals surface area contributed by atoms with Gasteiger partial charge in [-0.15, -0.1) is 0 Å². The lowest BCUT2D eigenvalue weighted by Gasteiger charge is -2.26. The lowest BCUT2D eigenvalue weighted by Crippen LogP contribution is -2.48.